The van der Waals surface area contributed by atoms with Crippen LogP contribution in [0.5, 0.6) is 17.2 Å². The van der Waals surface area contributed by atoms with E-state index in [0.29, 0.717) is 46.9 Å². The minimum absolute atomic E-state index is 0.0900. The van der Waals surface area contributed by atoms with E-state index in [1.807, 2.05) is 14.1 Å². The van der Waals surface area contributed by atoms with Crippen molar-refractivity contribution in [3.8, 4) is 17.2 Å². The van der Waals surface area contributed by atoms with Gasteiger partial charge in [-0.3, -0.25) is 0 Å². The van der Waals surface area contributed by atoms with Crippen LogP contribution in [-0.4, -0.2) is 47.4 Å². The monoisotopic (exact) mass is 400 g/mol. The number of likely N-dealkylation sites (N-methyl/N-ethyl adjacent to an activating group) is 1. The Labute approximate surface area is 169 Å². The molecule has 0 amide bonds. The summed E-state index contributed by atoms with van der Waals surface area (Å²) in [5.74, 6) is 1.98. The van der Waals surface area contributed by atoms with Crippen molar-refractivity contribution >= 4 is 16.9 Å². The van der Waals surface area contributed by atoms with Gasteiger partial charge in [0.15, 0.2) is 5.76 Å². The smallest absolute Gasteiger partial charge is 0.342 e. The van der Waals surface area contributed by atoms with Gasteiger partial charge in [0.2, 0.25) is 0 Å². The molecule has 0 spiro atoms. The average molecular weight is 400 g/mol. The average Bonchev–Trinajstić information content (AvgIpc) is 3.09. The number of hydrogen-bond donors (Lipinski definition) is 1. The number of fused-ring (bicyclic) bond motifs is 1. The topological polar surface area (TPSA) is 71.6 Å². The highest BCUT2D eigenvalue weighted by Gasteiger charge is 2.23. The van der Waals surface area contributed by atoms with Crippen LogP contribution in [0.4, 0.5) is 0 Å². The lowest BCUT2D eigenvalue weighted by Gasteiger charge is -2.09. The van der Waals surface area contributed by atoms with E-state index in [1.165, 1.54) is 4.90 Å². The minimum atomic E-state index is -0.438. The maximum atomic E-state index is 12.8. The van der Waals surface area contributed by atoms with Crippen LogP contribution in [0.1, 0.15) is 16.1 Å². The van der Waals surface area contributed by atoms with E-state index in [1.54, 1.807) is 56.7 Å². The number of quaternary nitrogens is 1. The summed E-state index contributed by atoms with van der Waals surface area (Å²) >= 11 is 0. The Balaban J connectivity index is 1.86. The zero-order valence-corrected chi connectivity index (χ0v) is 17.1. The Morgan fingerprint density at radius 3 is 2.28 bits per heavy atom. The summed E-state index contributed by atoms with van der Waals surface area (Å²) in [4.78, 5) is 14.0. The predicted octanol–water partition coefficient (Wildman–Crippen LogP) is 2.33. The minimum Gasteiger partial charge on any atom is -0.497 e. The molecule has 3 aromatic rings. The van der Waals surface area contributed by atoms with Gasteiger partial charge in [-0.2, -0.15) is 0 Å². The summed E-state index contributed by atoms with van der Waals surface area (Å²) in [5, 5.41) is 0.639. The Morgan fingerprint density at radius 2 is 1.62 bits per heavy atom. The molecule has 1 heterocycles. The first-order valence-corrected chi connectivity index (χ1v) is 9.34. The molecule has 29 heavy (non-hydrogen) atoms. The molecule has 0 atom stereocenters. The third kappa shape index (κ3) is 5.00. The lowest BCUT2D eigenvalue weighted by Crippen LogP contribution is -3.06. The van der Waals surface area contributed by atoms with E-state index in [-0.39, 0.29) is 6.61 Å². The van der Waals surface area contributed by atoms with Crippen LogP contribution in [0.25, 0.3) is 11.0 Å². The quantitative estimate of drug-likeness (QED) is 0.556. The first-order chi connectivity index (χ1) is 14.0. The zero-order valence-electron chi connectivity index (χ0n) is 17.1. The molecule has 0 aliphatic heterocycles. The maximum absolute atomic E-state index is 12.8. The summed E-state index contributed by atoms with van der Waals surface area (Å²) in [6.45, 7) is 1.12. The van der Waals surface area contributed by atoms with Crippen LogP contribution >= 0.6 is 0 Å². The number of hydrogen-bond acceptors (Lipinski definition) is 6. The summed E-state index contributed by atoms with van der Waals surface area (Å²) in [7, 11) is 7.18. The molecular formula is C22H26NO6+. The number of carbonyl (C=O) groups excluding carboxylic acids is 1. The molecule has 0 saturated carbocycles. The van der Waals surface area contributed by atoms with Gasteiger partial charge < -0.3 is 28.3 Å². The fourth-order valence-electron chi connectivity index (χ4n) is 2.82. The Morgan fingerprint density at radius 1 is 0.966 bits per heavy atom. The number of carbonyl (C=O) groups is 1. The van der Waals surface area contributed by atoms with Crippen LogP contribution < -0.4 is 19.1 Å². The maximum Gasteiger partial charge on any atom is 0.342 e. The SMILES string of the molecule is COc1ccc(OCc2oc3ccc(OC)cc3c2C(=O)OCC[NH+](C)C)cc1. The van der Waals surface area contributed by atoms with Crippen molar-refractivity contribution in [3.63, 3.8) is 0 Å². The van der Waals surface area contributed by atoms with Crippen molar-refractivity contribution in [3.05, 3.63) is 53.8 Å². The van der Waals surface area contributed by atoms with Crippen molar-refractivity contribution in [1.82, 2.24) is 0 Å². The number of esters is 1. The van der Waals surface area contributed by atoms with Gasteiger partial charge in [-0.1, -0.05) is 0 Å². The van der Waals surface area contributed by atoms with Crippen molar-refractivity contribution in [2.24, 2.45) is 0 Å². The summed E-state index contributed by atoms with van der Waals surface area (Å²) in [5.41, 5.74) is 0.936. The summed E-state index contributed by atoms with van der Waals surface area (Å²) < 4.78 is 27.6. The third-order valence-corrected chi connectivity index (χ3v) is 4.44. The molecule has 0 aliphatic rings. The van der Waals surface area contributed by atoms with Crippen LogP contribution in [0.15, 0.2) is 46.9 Å². The molecule has 1 N–H and O–H groups in total. The lowest BCUT2D eigenvalue weighted by atomic mass is 10.1. The van der Waals surface area contributed by atoms with Crippen LogP contribution in [-0.2, 0) is 11.3 Å². The number of ether oxygens (including phenoxy) is 4. The first kappa shape index (κ1) is 20.5. The predicted molar refractivity (Wildman–Crippen MR) is 108 cm³/mol. The molecule has 0 unspecified atom stereocenters. The highest BCUT2D eigenvalue weighted by Crippen LogP contribution is 2.31. The van der Waals surface area contributed by atoms with E-state index in [9.17, 15) is 4.79 Å². The highest BCUT2D eigenvalue weighted by molar-refractivity contribution is 6.05. The van der Waals surface area contributed by atoms with Crippen molar-refractivity contribution in [2.75, 3.05) is 41.5 Å². The van der Waals surface area contributed by atoms with Crippen LogP contribution in [0.2, 0.25) is 0 Å². The number of benzene rings is 2. The largest absolute Gasteiger partial charge is 0.497 e. The molecule has 7 heteroatoms. The summed E-state index contributed by atoms with van der Waals surface area (Å²) in [6.07, 6.45) is 0. The van der Waals surface area contributed by atoms with Crippen LogP contribution in [0.3, 0.4) is 0 Å². The van der Waals surface area contributed by atoms with Gasteiger partial charge in [0.25, 0.3) is 0 Å². The van der Waals surface area contributed by atoms with E-state index in [2.05, 4.69) is 0 Å². The molecule has 0 fully saturated rings. The molecule has 0 bridgehead atoms. The normalized spacial score (nSPS) is 10.9. The number of rotatable bonds is 9. The first-order valence-electron chi connectivity index (χ1n) is 9.34. The molecule has 7 nitrogen and oxygen atoms in total. The highest BCUT2D eigenvalue weighted by atomic mass is 16.5. The molecular weight excluding hydrogens is 374 g/mol. The van der Waals surface area contributed by atoms with Gasteiger partial charge in [0.05, 0.1) is 28.3 Å². The molecule has 0 saturated heterocycles. The van der Waals surface area contributed by atoms with Gasteiger partial charge >= 0.3 is 5.97 Å². The van der Waals surface area contributed by atoms with Crippen LogP contribution in [0, 0.1) is 0 Å². The lowest BCUT2D eigenvalue weighted by molar-refractivity contribution is -0.858. The van der Waals surface area contributed by atoms with Gasteiger partial charge in [0.1, 0.15) is 48.2 Å². The van der Waals surface area contributed by atoms with Gasteiger partial charge in [-0.15, -0.1) is 0 Å². The molecule has 0 radical (unpaired) electrons. The Kier molecular flexibility index (Phi) is 6.61. The molecule has 2 aromatic carbocycles. The third-order valence-electron chi connectivity index (χ3n) is 4.44. The van der Waals surface area contributed by atoms with Gasteiger partial charge in [-0.25, -0.2) is 4.79 Å². The fraction of sp³-hybridized carbons (Fsp3) is 0.318. The number of methoxy groups -OCH3 is 2. The zero-order chi connectivity index (χ0) is 20.8. The van der Waals surface area contributed by atoms with Gasteiger partial charge in [0, 0.05) is 5.39 Å². The van der Waals surface area contributed by atoms with Crippen molar-refractivity contribution in [2.45, 2.75) is 6.61 Å². The Bertz CT molecular complexity index is 961. The van der Waals surface area contributed by atoms with Crippen molar-refractivity contribution < 1.29 is 33.1 Å². The van der Waals surface area contributed by atoms with Gasteiger partial charge in [-0.05, 0) is 42.5 Å². The molecule has 1 aromatic heterocycles. The second kappa shape index (κ2) is 9.34. The van der Waals surface area contributed by atoms with E-state index < -0.39 is 5.97 Å². The Hall–Kier alpha value is -3.19. The number of nitrogens with one attached hydrogen (secondary N) is 1. The number of furan rings is 1. The summed E-state index contributed by atoms with van der Waals surface area (Å²) in [6, 6.07) is 12.5. The van der Waals surface area contributed by atoms with Crippen molar-refractivity contribution in [1.29, 1.82) is 0 Å². The van der Waals surface area contributed by atoms with E-state index >= 15 is 0 Å². The molecule has 154 valence electrons. The van der Waals surface area contributed by atoms with E-state index in [4.69, 9.17) is 23.4 Å². The molecule has 0 aliphatic carbocycles. The second-order valence-corrected chi connectivity index (χ2v) is 6.82. The molecule has 3 rings (SSSR count). The standard InChI is InChI=1S/C22H25NO6/c1-23(2)11-12-27-22(24)21-18-13-17(26-4)9-10-19(18)29-20(21)14-28-16-7-5-15(25-3)6-8-16/h5-10,13H,11-12,14H2,1-4H3/p+1. The van der Waals surface area contributed by atoms with E-state index in [0.717, 1.165) is 5.75 Å². The fourth-order valence-corrected chi connectivity index (χ4v) is 2.82. The second-order valence-electron chi connectivity index (χ2n) is 6.82.